The number of carbonyl (C=O) groups excluding carboxylic acids is 1. The Morgan fingerprint density at radius 1 is 1.06 bits per heavy atom. The molecule has 1 aliphatic heterocycles. The minimum Gasteiger partial charge on any atom is -0.339 e. The fourth-order valence-electron chi connectivity index (χ4n) is 4.03. The van der Waals surface area contributed by atoms with Gasteiger partial charge < -0.3 is 9.88 Å². The van der Waals surface area contributed by atoms with Crippen molar-refractivity contribution in [3.8, 4) is 10.4 Å². The van der Waals surface area contributed by atoms with Gasteiger partial charge in [0.1, 0.15) is 10.7 Å². The highest BCUT2D eigenvalue weighted by molar-refractivity contribution is 7.18. The Kier molecular flexibility index (Phi) is 5.53. The zero-order valence-corrected chi connectivity index (χ0v) is 19.6. The molecule has 4 heterocycles. The highest BCUT2D eigenvalue weighted by atomic mass is 32.1. The summed E-state index contributed by atoms with van der Waals surface area (Å²) in [6, 6.07) is 14.3. The number of benzene rings is 1. The molecule has 162 valence electrons. The molecule has 1 amide bonds. The van der Waals surface area contributed by atoms with Crippen molar-refractivity contribution in [2.45, 2.75) is 26.7 Å². The molecule has 0 saturated carbocycles. The molecule has 0 bridgehead atoms. The van der Waals surface area contributed by atoms with Crippen LogP contribution in [0, 0.1) is 13.8 Å². The molecule has 0 atom stereocenters. The van der Waals surface area contributed by atoms with Gasteiger partial charge in [0.15, 0.2) is 0 Å². The molecule has 32 heavy (non-hydrogen) atoms. The van der Waals surface area contributed by atoms with Crippen LogP contribution < -0.4 is 5.56 Å². The summed E-state index contributed by atoms with van der Waals surface area (Å²) in [5.41, 5.74) is 2.34. The summed E-state index contributed by atoms with van der Waals surface area (Å²) < 4.78 is 0. The molecule has 7 heteroatoms. The van der Waals surface area contributed by atoms with Gasteiger partial charge >= 0.3 is 0 Å². The van der Waals surface area contributed by atoms with Crippen molar-refractivity contribution in [1.29, 1.82) is 0 Å². The monoisotopic (exact) mass is 461 g/mol. The number of aromatic nitrogens is 2. The van der Waals surface area contributed by atoms with Gasteiger partial charge in [-0.05, 0) is 56.0 Å². The van der Waals surface area contributed by atoms with E-state index in [4.69, 9.17) is 4.98 Å². The first-order valence-electron chi connectivity index (χ1n) is 10.7. The second-order valence-electron chi connectivity index (χ2n) is 8.00. The number of carbonyl (C=O) groups is 1. The van der Waals surface area contributed by atoms with Gasteiger partial charge in [0.25, 0.3) is 11.5 Å². The molecular formula is C25H23N3O2S2. The maximum absolute atomic E-state index is 13.5. The summed E-state index contributed by atoms with van der Waals surface area (Å²) in [5, 5.41) is 0.617. The summed E-state index contributed by atoms with van der Waals surface area (Å²) in [4.78, 5) is 39.6. The van der Waals surface area contributed by atoms with Gasteiger partial charge in [-0.2, -0.15) is 0 Å². The van der Waals surface area contributed by atoms with Crippen molar-refractivity contribution in [2.24, 2.45) is 0 Å². The van der Waals surface area contributed by atoms with Crippen LogP contribution in [0.1, 0.15) is 34.0 Å². The van der Waals surface area contributed by atoms with E-state index in [0.29, 0.717) is 21.6 Å². The predicted molar refractivity (Wildman–Crippen MR) is 133 cm³/mol. The average Bonchev–Trinajstić information content (AvgIpc) is 3.54. The quantitative estimate of drug-likeness (QED) is 0.409. The standard InChI is InChI=1S/C25H23N3O2S2/c1-15-16(2)31-24-21(15)23(29)26-22(27-24)19(25(30)28-12-6-7-13-28)14-18-10-11-20(32-18)17-8-4-3-5-9-17/h3-5,8-11,14H,6-7,12-13H2,1-2H3,(H,26,27,29). The molecule has 1 saturated heterocycles. The van der Waals surface area contributed by atoms with Crippen LogP contribution in [-0.2, 0) is 4.79 Å². The molecule has 5 rings (SSSR count). The van der Waals surface area contributed by atoms with Crippen LogP contribution in [0.5, 0.6) is 0 Å². The third-order valence-electron chi connectivity index (χ3n) is 5.89. The molecule has 5 nitrogen and oxygen atoms in total. The maximum atomic E-state index is 13.5. The summed E-state index contributed by atoms with van der Waals surface area (Å²) in [6.07, 6.45) is 3.88. The lowest BCUT2D eigenvalue weighted by molar-refractivity contribution is -0.123. The molecule has 0 radical (unpaired) electrons. The molecule has 4 aromatic rings. The minimum atomic E-state index is -0.192. The Labute approximate surface area is 194 Å². The van der Waals surface area contributed by atoms with Crippen molar-refractivity contribution in [3.05, 3.63) is 74.0 Å². The van der Waals surface area contributed by atoms with Gasteiger partial charge in [-0.25, -0.2) is 4.98 Å². The third kappa shape index (κ3) is 3.82. The lowest BCUT2D eigenvalue weighted by Crippen LogP contribution is -2.29. The van der Waals surface area contributed by atoms with E-state index in [9.17, 15) is 9.59 Å². The number of fused-ring (bicyclic) bond motifs is 1. The molecule has 1 aromatic carbocycles. The fraction of sp³-hybridized carbons (Fsp3) is 0.240. The predicted octanol–water partition coefficient (Wildman–Crippen LogP) is 5.49. The lowest BCUT2D eigenvalue weighted by Gasteiger charge is -2.17. The van der Waals surface area contributed by atoms with Gasteiger partial charge in [-0.3, -0.25) is 9.59 Å². The normalized spacial score (nSPS) is 14.4. The molecule has 1 N–H and O–H groups in total. The zero-order valence-electron chi connectivity index (χ0n) is 18.0. The third-order valence-corrected chi connectivity index (χ3v) is 8.07. The van der Waals surface area contributed by atoms with Crippen LogP contribution in [0.3, 0.4) is 0 Å². The van der Waals surface area contributed by atoms with Gasteiger partial charge in [-0.1, -0.05) is 30.3 Å². The molecule has 0 spiro atoms. The Bertz CT molecular complexity index is 1390. The summed E-state index contributed by atoms with van der Waals surface area (Å²) in [6.45, 7) is 5.40. The molecule has 1 aliphatic rings. The fourth-order valence-corrected chi connectivity index (χ4v) is 6.02. The number of likely N-dealkylation sites (tertiary alicyclic amines) is 1. The molecular weight excluding hydrogens is 438 g/mol. The number of aromatic amines is 1. The average molecular weight is 462 g/mol. The number of H-pyrrole nitrogens is 1. The van der Waals surface area contributed by atoms with Crippen molar-refractivity contribution < 1.29 is 4.79 Å². The SMILES string of the molecule is Cc1sc2nc(C(=Cc3ccc(-c4ccccc4)s3)C(=O)N3CCCC3)[nH]c(=O)c2c1C. The van der Waals surface area contributed by atoms with Crippen LogP contribution in [0.15, 0.2) is 47.3 Å². The van der Waals surface area contributed by atoms with Crippen molar-refractivity contribution in [2.75, 3.05) is 13.1 Å². The van der Waals surface area contributed by atoms with Gasteiger partial charge in [0, 0.05) is 27.7 Å². The second-order valence-corrected chi connectivity index (χ2v) is 10.3. The number of rotatable bonds is 4. The summed E-state index contributed by atoms with van der Waals surface area (Å²) in [5.74, 6) is 0.264. The summed E-state index contributed by atoms with van der Waals surface area (Å²) in [7, 11) is 0. The van der Waals surface area contributed by atoms with E-state index in [1.165, 1.54) is 11.3 Å². The second kappa shape index (κ2) is 8.48. The van der Waals surface area contributed by atoms with Crippen LogP contribution >= 0.6 is 22.7 Å². The van der Waals surface area contributed by atoms with E-state index < -0.39 is 0 Å². The van der Waals surface area contributed by atoms with E-state index in [0.717, 1.165) is 51.7 Å². The van der Waals surface area contributed by atoms with E-state index in [1.807, 2.05) is 49.1 Å². The largest absolute Gasteiger partial charge is 0.339 e. The van der Waals surface area contributed by atoms with Crippen molar-refractivity contribution >= 4 is 50.4 Å². The number of aryl methyl sites for hydroxylation is 2. The van der Waals surface area contributed by atoms with Crippen LogP contribution in [0.2, 0.25) is 0 Å². The topological polar surface area (TPSA) is 66.1 Å². The van der Waals surface area contributed by atoms with Gasteiger partial charge in [0.05, 0.1) is 11.0 Å². The number of hydrogen-bond donors (Lipinski definition) is 1. The maximum Gasteiger partial charge on any atom is 0.260 e. The lowest BCUT2D eigenvalue weighted by atomic mass is 10.1. The van der Waals surface area contributed by atoms with Crippen LogP contribution in [0.25, 0.3) is 32.3 Å². The van der Waals surface area contributed by atoms with E-state index in [-0.39, 0.29) is 11.5 Å². The first-order valence-corrected chi connectivity index (χ1v) is 12.3. The first kappa shape index (κ1) is 20.8. The number of nitrogens with one attached hydrogen (secondary N) is 1. The highest BCUT2D eigenvalue weighted by Gasteiger charge is 2.25. The number of hydrogen-bond acceptors (Lipinski definition) is 5. The zero-order chi connectivity index (χ0) is 22.2. The van der Waals surface area contributed by atoms with Gasteiger partial charge in [-0.15, -0.1) is 22.7 Å². The Morgan fingerprint density at radius 3 is 2.56 bits per heavy atom. The summed E-state index contributed by atoms with van der Waals surface area (Å²) >= 11 is 3.11. The first-order chi connectivity index (χ1) is 15.5. The molecule has 0 unspecified atom stereocenters. The minimum absolute atomic E-state index is 0.0790. The van der Waals surface area contributed by atoms with E-state index >= 15 is 0 Å². The molecule has 0 aliphatic carbocycles. The van der Waals surface area contributed by atoms with Crippen LogP contribution in [-0.4, -0.2) is 33.9 Å². The van der Waals surface area contributed by atoms with Crippen molar-refractivity contribution in [1.82, 2.24) is 14.9 Å². The highest BCUT2D eigenvalue weighted by Crippen LogP contribution is 2.32. The Morgan fingerprint density at radius 2 is 1.81 bits per heavy atom. The molecule has 3 aromatic heterocycles. The van der Waals surface area contributed by atoms with E-state index in [2.05, 4.69) is 23.2 Å². The number of thiophene rings is 2. The van der Waals surface area contributed by atoms with Crippen LogP contribution in [0.4, 0.5) is 0 Å². The number of nitrogens with zero attached hydrogens (tertiary/aromatic N) is 2. The smallest absolute Gasteiger partial charge is 0.260 e. The van der Waals surface area contributed by atoms with E-state index in [1.54, 1.807) is 11.3 Å². The Balaban J connectivity index is 1.62. The number of amides is 1. The Hall–Kier alpha value is -3.03. The van der Waals surface area contributed by atoms with Crippen molar-refractivity contribution in [3.63, 3.8) is 0 Å². The van der Waals surface area contributed by atoms with Gasteiger partial charge in [0.2, 0.25) is 0 Å². The molecule has 1 fully saturated rings.